The average molecular weight is 212 g/mol. The van der Waals surface area contributed by atoms with E-state index in [1.165, 1.54) is 0 Å². The Balaban J connectivity index is 3.96. The summed E-state index contributed by atoms with van der Waals surface area (Å²) in [7, 11) is 0. The predicted octanol–water partition coefficient (Wildman–Crippen LogP) is 4.45. The lowest BCUT2D eigenvalue weighted by Crippen LogP contribution is -2.18. The molecule has 2 unspecified atom stereocenters. The molecule has 0 bridgehead atoms. The SMILES string of the molecule is CCCC(C)C(=O)CC(C)CC(C)(C)C. The summed E-state index contributed by atoms with van der Waals surface area (Å²) in [4.78, 5) is 11.8. The molecule has 0 N–H and O–H groups in total. The zero-order valence-electron chi connectivity index (χ0n) is 11.4. The molecule has 0 aromatic carbocycles. The molecule has 1 nitrogen and oxygen atoms in total. The summed E-state index contributed by atoms with van der Waals surface area (Å²) in [5.41, 5.74) is 0.341. The van der Waals surface area contributed by atoms with E-state index in [1.54, 1.807) is 0 Å². The van der Waals surface area contributed by atoms with Crippen molar-refractivity contribution in [2.45, 2.75) is 67.2 Å². The second-order valence-corrected chi connectivity index (χ2v) is 6.23. The number of rotatable bonds is 6. The Morgan fingerprint density at radius 2 is 1.73 bits per heavy atom. The Hall–Kier alpha value is -0.330. The molecule has 0 aliphatic carbocycles. The van der Waals surface area contributed by atoms with Gasteiger partial charge in [-0.05, 0) is 24.2 Å². The number of carbonyl (C=O) groups is 1. The van der Waals surface area contributed by atoms with Crippen molar-refractivity contribution in [2.75, 3.05) is 0 Å². The summed E-state index contributed by atoms with van der Waals surface area (Å²) in [6.07, 6.45) is 4.05. The van der Waals surface area contributed by atoms with Crippen LogP contribution < -0.4 is 0 Å². The van der Waals surface area contributed by atoms with Crippen molar-refractivity contribution in [1.29, 1.82) is 0 Å². The average Bonchev–Trinajstić information content (AvgIpc) is 2.00. The van der Waals surface area contributed by atoms with Crippen LogP contribution in [0.15, 0.2) is 0 Å². The van der Waals surface area contributed by atoms with Crippen LogP contribution >= 0.6 is 0 Å². The van der Waals surface area contributed by atoms with Gasteiger partial charge in [0.15, 0.2) is 0 Å². The minimum absolute atomic E-state index is 0.261. The highest BCUT2D eigenvalue weighted by molar-refractivity contribution is 5.80. The molecule has 2 atom stereocenters. The number of hydrogen-bond donors (Lipinski definition) is 0. The Labute approximate surface area is 95.6 Å². The molecule has 0 aliphatic heterocycles. The predicted molar refractivity (Wildman–Crippen MR) is 66.9 cm³/mol. The van der Waals surface area contributed by atoms with E-state index in [9.17, 15) is 4.79 Å². The van der Waals surface area contributed by atoms with Crippen LogP contribution in [-0.4, -0.2) is 5.78 Å². The van der Waals surface area contributed by atoms with E-state index < -0.39 is 0 Å². The van der Waals surface area contributed by atoms with Crippen LogP contribution in [0.5, 0.6) is 0 Å². The second-order valence-electron chi connectivity index (χ2n) is 6.23. The van der Waals surface area contributed by atoms with Crippen molar-refractivity contribution in [3.63, 3.8) is 0 Å². The first-order chi connectivity index (χ1) is 6.76. The van der Waals surface area contributed by atoms with Crippen molar-refractivity contribution in [3.8, 4) is 0 Å². The fraction of sp³-hybridized carbons (Fsp3) is 0.929. The van der Waals surface area contributed by atoms with Crippen LogP contribution in [0, 0.1) is 17.3 Å². The van der Waals surface area contributed by atoms with Gasteiger partial charge in [0.1, 0.15) is 5.78 Å². The lowest BCUT2D eigenvalue weighted by atomic mass is 9.82. The zero-order valence-corrected chi connectivity index (χ0v) is 11.4. The number of hydrogen-bond acceptors (Lipinski definition) is 1. The quantitative estimate of drug-likeness (QED) is 0.635. The highest BCUT2D eigenvalue weighted by Gasteiger charge is 2.20. The Morgan fingerprint density at radius 1 is 1.20 bits per heavy atom. The lowest BCUT2D eigenvalue weighted by molar-refractivity contribution is -0.123. The Morgan fingerprint density at radius 3 is 2.13 bits per heavy atom. The second kappa shape index (κ2) is 6.30. The summed E-state index contributed by atoms with van der Waals surface area (Å²) in [6.45, 7) is 13.1. The molecule has 0 aromatic rings. The molecule has 0 radical (unpaired) electrons. The van der Waals surface area contributed by atoms with E-state index >= 15 is 0 Å². The van der Waals surface area contributed by atoms with Gasteiger partial charge >= 0.3 is 0 Å². The minimum atomic E-state index is 0.261. The highest BCUT2D eigenvalue weighted by Crippen LogP contribution is 2.27. The van der Waals surface area contributed by atoms with Crippen molar-refractivity contribution in [1.82, 2.24) is 0 Å². The van der Waals surface area contributed by atoms with Crippen molar-refractivity contribution in [2.24, 2.45) is 17.3 Å². The summed E-state index contributed by atoms with van der Waals surface area (Å²) < 4.78 is 0. The first-order valence-electron chi connectivity index (χ1n) is 6.29. The van der Waals surface area contributed by atoms with Gasteiger partial charge in [0.2, 0.25) is 0 Å². The fourth-order valence-corrected chi connectivity index (χ4v) is 2.26. The maximum Gasteiger partial charge on any atom is 0.135 e. The molecule has 15 heavy (non-hydrogen) atoms. The summed E-state index contributed by atoms with van der Waals surface area (Å²) in [6, 6.07) is 0. The normalized spacial score (nSPS) is 16.1. The van der Waals surface area contributed by atoms with Gasteiger partial charge in [-0.2, -0.15) is 0 Å². The fourth-order valence-electron chi connectivity index (χ4n) is 2.26. The monoisotopic (exact) mass is 212 g/mol. The first kappa shape index (κ1) is 14.7. The summed E-state index contributed by atoms with van der Waals surface area (Å²) in [5, 5.41) is 0. The summed E-state index contributed by atoms with van der Waals surface area (Å²) in [5.74, 6) is 1.24. The van der Waals surface area contributed by atoms with Crippen LogP contribution in [0.3, 0.4) is 0 Å². The van der Waals surface area contributed by atoms with Crippen LogP contribution in [0.2, 0.25) is 0 Å². The van der Waals surface area contributed by atoms with E-state index in [-0.39, 0.29) is 5.92 Å². The van der Waals surface area contributed by atoms with Gasteiger partial charge < -0.3 is 0 Å². The maximum atomic E-state index is 11.8. The number of Topliss-reactive ketones (excluding diaryl/α,β-unsaturated/α-hetero) is 1. The smallest absolute Gasteiger partial charge is 0.135 e. The van der Waals surface area contributed by atoms with Crippen LogP contribution in [-0.2, 0) is 4.79 Å². The van der Waals surface area contributed by atoms with Gasteiger partial charge in [-0.1, -0.05) is 48.0 Å². The largest absolute Gasteiger partial charge is 0.299 e. The van der Waals surface area contributed by atoms with Crippen LogP contribution in [0.25, 0.3) is 0 Å². The van der Waals surface area contributed by atoms with E-state index in [1.807, 2.05) is 0 Å². The van der Waals surface area contributed by atoms with E-state index in [0.717, 1.165) is 25.7 Å². The van der Waals surface area contributed by atoms with Crippen molar-refractivity contribution < 1.29 is 4.79 Å². The van der Waals surface area contributed by atoms with Gasteiger partial charge in [-0.15, -0.1) is 0 Å². The van der Waals surface area contributed by atoms with Gasteiger partial charge in [-0.25, -0.2) is 0 Å². The molecule has 1 heteroatoms. The molecule has 0 spiro atoms. The molecular formula is C14H28O. The Kier molecular flexibility index (Phi) is 6.16. The summed E-state index contributed by atoms with van der Waals surface area (Å²) >= 11 is 0. The maximum absolute atomic E-state index is 11.8. The molecule has 0 saturated heterocycles. The molecule has 0 saturated carbocycles. The van der Waals surface area contributed by atoms with Crippen molar-refractivity contribution in [3.05, 3.63) is 0 Å². The van der Waals surface area contributed by atoms with Gasteiger partial charge in [0.05, 0.1) is 0 Å². The molecule has 0 aromatic heterocycles. The molecule has 90 valence electrons. The molecule has 0 fully saturated rings. The van der Waals surface area contributed by atoms with Gasteiger partial charge in [-0.3, -0.25) is 4.79 Å². The number of carbonyl (C=O) groups excluding carboxylic acids is 1. The van der Waals surface area contributed by atoms with Gasteiger partial charge in [0.25, 0.3) is 0 Å². The molecule has 0 heterocycles. The van der Waals surface area contributed by atoms with Crippen molar-refractivity contribution >= 4 is 5.78 Å². The molecular weight excluding hydrogens is 184 g/mol. The highest BCUT2D eigenvalue weighted by atomic mass is 16.1. The lowest BCUT2D eigenvalue weighted by Gasteiger charge is -2.23. The minimum Gasteiger partial charge on any atom is -0.299 e. The first-order valence-corrected chi connectivity index (χ1v) is 6.29. The standard InChI is InChI=1S/C14H28O/c1-7-8-12(3)13(15)9-11(2)10-14(4,5)6/h11-12H,7-10H2,1-6H3. The molecule has 0 amide bonds. The third-order valence-electron chi connectivity index (χ3n) is 2.78. The Bertz CT molecular complexity index is 188. The zero-order chi connectivity index (χ0) is 12.1. The molecule has 0 aliphatic rings. The van der Waals surface area contributed by atoms with E-state index in [0.29, 0.717) is 17.1 Å². The van der Waals surface area contributed by atoms with Crippen LogP contribution in [0.1, 0.15) is 67.2 Å². The van der Waals surface area contributed by atoms with Crippen LogP contribution in [0.4, 0.5) is 0 Å². The third kappa shape index (κ3) is 7.58. The van der Waals surface area contributed by atoms with E-state index in [2.05, 4.69) is 41.5 Å². The van der Waals surface area contributed by atoms with Gasteiger partial charge in [0, 0.05) is 12.3 Å². The molecule has 0 rings (SSSR count). The number of ketones is 1. The van der Waals surface area contributed by atoms with E-state index in [4.69, 9.17) is 0 Å². The topological polar surface area (TPSA) is 17.1 Å². The third-order valence-corrected chi connectivity index (χ3v) is 2.78.